The van der Waals surface area contributed by atoms with Gasteiger partial charge >= 0.3 is 23.9 Å². The highest BCUT2D eigenvalue weighted by molar-refractivity contribution is 5.82. The lowest BCUT2D eigenvalue weighted by atomic mass is 10.00. The molecule has 0 fully saturated rings. The molecule has 9 nitrogen and oxygen atoms in total. The first-order chi connectivity index (χ1) is 16.8. The Bertz CT molecular complexity index is 911. The van der Waals surface area contributed by atoms with Crippen LogP contribution in [0.5, 0.6) is 11.5 Å². The zero-order valence-corrected chi connectivity index (χ0v) is 22.5. The maximum Gasteiger partial charge on any atom is 0.364 e. The molecule has 1 aromatic rings. The number of hydrogen-bond donors (Lipinski definition) is 2. The minimum Gasteiger partial charge on any atom is -0.477 e. The maximum atomic E-state index is 12.4. The summed E-state index contributed by atoms with van der Waals surface area (Å²) in [6, 6.07) is 4.19. The summed E-state index contributed by atoms with van der Waals surface area (Å²) in [5.41, 5.74) is -1.62. The molecule has 1 aromatic carbocycles. The second-order valence-electron chi connectivity index (χ2n) is 9.91. The van der Waals surface area contributed by atoms with Crippen LogP contribution in [0.2, 0.25) is 0 Å². The molecular weight excluding hydrogens is 466 g/mol. The fourth-order valence-corrected chi connectivity index (χ4v) is 3.36. The van der Waals surface area contributed by atoms with Crippen molar-refractivity contribution >= 4 is 23.9 Å². The first-order valence-corrected chi connectivity index (χ1v) is 12.6. The van der Waals surface area contributed by atoms with Crippen molar-refractivity contribution in [3.05, 3.63) is 23.8 Å². The molecule has 0 bridgehead atoms. The number of hydrogen-bond acceptors (Lipinski definition) is 8. The first kappa shape index (κ1) is 31.1. The van der Waals surface area contributed by atoms with E-state index >= 15 is 0 Å². The predicted octanol–water partition coefficient (Wildman–Crippen LogP) is 4.64. The molecule has 36 heavy (non-hydrogen) atoms. The molecule has 0 spiro atoms. The second kappa shape index (κ2) is 14.6. The third kappa shape index (κ3) is 10.4. The van der Waals surface area contributed by atoms with E-state index in [4.69, 9.17) is 14.2 Å². The van der Waals surface area contributed by atoms with Crippen LogP contribution in [0, 0.1) is 11.8 Å². The van der Waals surface area contributed by atoms with Crippen LogP contribution in [-0.4, -0.2) is 40.8 Å². The van der Waals surface area contributed by atoms with Crippen LogP contribution in [0.15, 0.2) is 18.2 Å². The summed E-state index contributed by atoms with van der Waals surface area (Å²) in [5.74, 6) is -2.81. The van der Waals surface area contributed by atoms with Crippen molar-refractivity contribution < 1.29 is 38.5 Å². The summed E-state index contributed by atoms with van der Waals surface area (Å²) in [4.78, 5) is 49.4. The average molecular weight is 508 g/mol. The van der Waals surface area contributed by atoms with Crippen LogP contribution in [0.3, 0.4) is 0 Å². The molecule has 2 N–H and O–H groups in total. The fourth-order valence-electron chi connectivity index (χ4n) is 3.36. The van der Waals surface area contributed by atoms with Gasteiger partial charge in [-0.3, -0.25) is 19.7 Å². The molecule has 0 heterocycles. The Labute approximate surface area is 213 Å². The topological polar surface area (TPSA) is 128 Å². The summed E-state index contributed by atoms with van der Waals surface area (Å²) in [5, 5.41) is 13.1. The van der Waals surface area contributed by atoms with Crippen molar-refractivity contribution in [1.29, 1.82) is 0 Å². The highest BCUT2D eigenvalue weighted by Crippen LogP contribution is 2.32. The monoisotopic (exact) mass is 507 g/mol. The summed E-state index contributed by atoms with van der Waals surface area (Å²) in [6.45, 7) is 13.0. The van der Waals surface area contributed by atoms with E-state index < -0.39 is 29.6 Å². The van der Waals surface area contributed by atoms with Gasteiger partial charge in [0.25, 0.3) is 5.72 Å². The van der Waals surface area contributed by atoms with Crippen LogP contribution in [0.4, 0.5) is 0 Å². The molecule has 0 aliphatic heterocycles. The fraction of sp³-hybridized carbons (Fsp3) is 0.630. The van der Waals surface area contributed by atoms with Crippen molar-refractivity contribution in [2.45, 2.75) is 98.8 Å². The van der Waals surface area contributed by atoms with E-state index in [0.717, 1.165) is 0 Å². The third-order valence-corrected chi connectivity index (χ3v) is 5.24. The van der Waals surface area contributed by atoms with Crippen LogP contribution in [0.1, 0.15) is 86.1 Å². The lowest BCUT2D eigenvalue weighted by molar-refractivity contribution is -0.184. The van der Waals surface area contributed by atoms with Gasteiger partial charge in [-0.15, -0.1) is 0 Å². The molecule has 1 unspecified atom stereocenters. The van der Waals surface area contributed by atoms with Crippen molar-refractivity contribution in [2.24, 2.45) is 11.8 Å². The molecule has 2 atom stereocenters. The van der Waals surface area contributed by atoms with Crippen molar-refractivity contribution in [2.75, 3.05) is 0 Å². The standard InChI is InChI=1S/C27H41NO8/c1-8-10-23(29)36-27(26(32)33,28-19(7)9-2)16-20-11-12-21(34-24(30)13-17(3)4)22(15-20)35-25(31)14-18(5)6/h11-12,15,17-19,28H,8-10,13-14,16H2,1-7H3,(H,32,33)/t19?,27-/m0/s1. The summed E-state index contributed by atoms with van der Waals surface area (Å²) in [7, 11) is 0. The molecule has 1 rings (SSSR count). The lowest BCUT2D eigenvalue weighted by Crippen LogP contribution is -2.59. The van der Waals surface area contributed by atoms with Gasteiger partial charge in [-0.1, -0.05) is 47.6 Å². The number of ether oxygens (including phenoxy) is 3. The van der Waals surface area contributed by atoms with Gasteiger partial charge in [0.2, 0.25) is 0 Å². The van der Waals surface area contributed by atoms with Gasteiger partial charge in [-0.05, 0) is 49.3 Å². The lowest BCUT2D eigenvalue weighted by Gasteiger charge is -2.33. The van der Waals surface area contributed by atoms with Crippen molar-refractivity contribution in [1.82, 2.24) is 5.32 Å². The predicted molar refractivity (Wildman–Crippen MR) is 135 cm³/mol. The molecule has 0 aliphatic rings. The summed E-state index contributed by atoms with van der Waals surface area (Å²) < 4.78 is 16.4. The summed E-state index contributed by atoms with van der Waals surface area (Å²) in [6.07, 6.45) is 1.26. The number of carboxylic acid groups (broad SMARTS) is 1. The number of esters is 3. The molecule has 0 saturated heterocycles. The molecule has 0 aromatic heterocycles. The highest BCUT2D eigenvalue weighted by Gasteiger charge is 2.44. The average Bonchev–Trinajstić information content (AvgIpc) is 2.74. The number of carboxylic acids is 1. The Morgan fingerprint density at radius 2 is 1.44 bits per heavy atom. The molecular formula is C27H41NO8. The van der Waals surface area contributed by atoms with E-state index in [1.165, 1.54) is 12.1 Å². The van der Waals surface area contributed by atoms with E-state index in [9.17, 15) is 24.3 Å². The van der Waals surface area contributed by atoms with Gasteiger partial charge < -0.3 is 19.3 Å². The number of carbonyl (C=O) groups is 4. The Kier molecular flexibility index (Phi) is 12.6. The Morgan fingerprint density at radius 3 is 1.92 bits per heavy atom. The van der Waals surface area contributed by atoms with E-state index in [0.29, 0.717) is 18.4 Å². The minimum absolute atomic E-state index is 0.00188. The Hall–Kier alpha value is -2.94. The SMILES string of the molecule is CCCC(=O)O[C@](Cc1ccc(OC(=O)CC(C)C)c(OC(=O)CC(C)C)c1)(NC(C)CC)C(=O)O. The number of aliphatic carboxylic acids is 1. The quantitative estimate of drug-likeness (QED) is 0.198. The molecule has 202 valence electrons. The number of benzene rings is 1. The van der Waals surface area contributed by atoms with Crippen LogP contribution in [0.25, 0.3) is 0 Å². The zero-order chi connectivity index (χ0) is 27.5. The van der Waals surface area contributed by atoms with Gasteiger partial charge in [0.15, 0.2) is 11.5 Å². The van der Waals surface area contributed by atoms with Gasteiger partial charge in [0.1, 0.15) is 0 Å². The maximum absolute atomic E-state index is 12.4. The van der Waals surface area contributed by atoms with Gasteiger partial charge in [0, 0.05) is 31.7 Å². The van der Waals surface area contributed by atoms with E-state index in [-0.39, 0.29) is 55.1 Å². The summed E-state index contributed by atoms with van der Waals surface area (Å²) >= 11 is 0. The Morgan fingerprint density at radius 1 is 0.889 bits per heavy atom. The highest BCUT2D eigenvalue weighted by atomic mass is 16.6. The van der Waals surface area contributed by atoms with Crippen LogP contribution in [-0.2, 0) is 30.3 Å². The zero-order valence-electron chi connectivity index (χ0n) is 22.5. The van der Waals surface area contributed by atoms with Crippen LogP contribution < -0.4 is 14.8 Å². The normalized spacial score (nSPS) is 13.7. The van der Waals surface area contributed by atoms with Gasteiger partial charge in [-0.25, -0.2) is 4.79 Å². The van der Waals surface area contributed by atoms with Crippen molar-refractivity contribution in [3.8, 4) is 11.5 Å². The number of carbonyl (C=O) groups excluding carboxylic acids is 3. The molecule has 0 amide bonds. The van der Waals surface area contributed by atoms with Crippen molar-refractivity contribution in [3.63, 3.8) is 0 Å². The van der Waals surface area contributed by atoms with E-state index in [1.807, 2.05) is 34.6 Å². The van der Waals surface area contributed by atoms with Crippen LogP contribution >= 0.6 is 0 Å². The molecule has 0 aliphatic carbocycles. The van der Waals surface area contributed by atoms with E-state index in [1.54, 1.807) is 19.9 Å². The Balaban J connectivity index is 3.43. The molecule has 9 heteroatoms. The second-order valence-corrected chi connectivity index (χ2v) is 9.91. The minimum atomic E-state index is -2.03. The smallest absolute Gasteiger partial charge is 0.364 e. The first-order valence-electron chi connectivity index (χ1n) is 12.6. The third-order valence-electron chi connectivity index (χ3n) is 5.24. The largest absolute Gasteiger partial charge is 0.477 e. The van der Waals surface area contributed by atoms with Gasteiger partial charge in [0.05, 0.1) is 0 Å². The number of rotatable bonds is 15. The van der Waals surface area contributed by atoms with E-state index in [2.05, 4.69) is 5.32 Å². The molecule has 0 radical (unpaired) electrons. The molecule has 0 saturated carbocycles. The number of nitrogens with one attached hydrogen (secondary N) is 1. The van der Waals surface area contributed by atoms with Gasteiger partial charge in [-0.2, -0.15) is 0 Å².